The van der Waals surface area contributed by atoms with Crippen LogP contribution in [0, 0.1) is 0 Å². The van der Waals surface area contributed by atoms with E-state index in [1.54, 1.807) is 0 Å². The SMILES string of the molecule is O=C(Nc1ccccc1)N1CCN(CCN2CCOCC2)c2ccccc21. The van der Waals surface area contributed by atoms with Crippen LogP contribution in [0.5, 0.6) is 0 Å². The van der Waals surface area contributed by atoms with Crippen LogP contribution in [0.25, 0.3) is 0 Å². The van der Waals surface area contributed by atoms with Gasteiger partial charge < -0.3 is 15.0 Å². The van der Waals surface area contributed by atoms with Crippen molar-refractivity contribution in [3.8, 4) is 0 Å². The molecule has 4 rings (SSSR count). The molecule has 0 bridgehead atoms. The highest BCUT2D eigenvalue weighted by molar-refractivity contribution is 6.04. The molecule has 2 aliphatic rings. The van der Waals surface area contributed by atoms with Crippen molar-refractivity contribution in [3.63, 3.8) is 0 Å². The van der Waals surface area contributed by atoms with Crippen molar-refractivity contribution in [1.82, 2.24) is 4.90 Å². The number of nitrogens with zero attached hydrogens (tertiary/aromatic N) is 3. The standard InChI is InChI=1S/C21H26N4O2/c26-21(22-18-6-2-1-3-7-18)25-13-12-24(19-8-4-5-9-20(19)25)11-10-23-14-16-27-17-15-23/h1-9H,10-17H2,(H,22,26). The second-order valence-corrected chi connectivity index (χ2v) is 6.88. The number of anilines is 3. The Kier molecular flexibility index (Phi) is 5.55. The first kappa shape index (κ1) is 17.8. The monoisotopic (exact) mass is 366 g/mol. The van der Waals surface area contributed by atoms with Gasteiger partial charge in [0, 0.05) is 45.0 Å². The van der Waals surface area contributed by atoms with Crippen molar-refractivity contribution >= 4 is 23.1 Å². The van der Waals surface area contributed by atoms with Gasteiger partial charge in [0.2, 0.25) is 0 Å². The molecule has 0 radical (unpaired) electrons. The van der Waals surface area contributed by atoms with E-state index < -0.39 is 0 Å². The third-order valence-corrected chi connectivity index (χ3v) is 5.17. The van der Waals surface area contributed by atoms with Gasteiger partial charge in [0.15, 0.2) is 0 Å². The summed E-state index contributed by atoms with van der Waals surface area (Å²) < 4.78 is 5.43. The van der Waals surface area contributed by atoms with Crippen LogP contribution in [-0.4, -0.2) is 63.4 Å². The minimum Gasteiger partial charge on any atom is -0.379 e. The minimum atomic E-state index is -0.0820. The number of carbonyl (C=O) groups excluding carboxylic acids is 1. The summed E-state index contributed by atoms with van der Waals surface area (Å²) in [5, 5.41) is 3.00. The van der Waals surface area contributed by atoms with Crippen LogP contribution >= 0.6 is 0 Å². The normalized spacial score (nSPS) is 17.5. The summed E-state index contributed by atoms with van der Waals surface area (Å²) in [7, 11) is 0. The number of para-hydroxylation sites is 3. The third-order valence-electron chi connectivity index (χ3n) is 5.17. The average Bonchev–Trinajstić information content (AvgIpc) is 2.73. The van der Waals surface area contributed by atoms with Crippen LogP contribution in [0.3, 0.4) is 0 Å². The third kappa shape index (κ3) is 4.23. The van der Waals surface area contributed by atoms with Crippen molar-refractivity contribution in [2.75, 3.05) is 67.6 Å². The number of rotatable bonds is 4. The number of nitrogens with one attached hydrogen (secondary N) is 1. The molecule has 2 heterocycles. The lowest BCUT2D eigenvalue weighted by atomic mass is 10.1. The Morgan fingerprint density at radius 1 is 0.852 bits per heavy atom. The molecule has 0 saturated carbocycles. The number of amides is 2. The van der Waals surface area contributed by atoms with Crippen LogP contribution in [-0.2, 0) is 4.74 Å². The summed E-state index contributed by atoms with van der Waals surface area (Å²) >= 11 is 0. The highest BCUT2D eigenvalue weighted by atomic mass is 16.5. The van der Waals surface area contributed by atoms with Crippen LogP contribution in [0.2, 0.25) is 0 Å². The summed E-state index contributed by atoms with van der Waals surface area (Å²) in [5.74, 6) is 0. The van der Waals surface area contributed by atoms with E-state index in [9.17, 15) is 4.79 Å². The van der Waals surface area contributed by atoms with E-state index in [-0.39, 0.29) is 6.03 Å². The van der Waals surface area contributed by atoms with Gasteiger partial charge in [0.25, 0.3) is 0 Å². The lowest BCUT2D eigenvalue weighted by Crippen LogP contribution is -2.48. The van der Waals surface area contributed by atoms with Gasteiger partial charge in [-0.2, -0.15) is 0 Å². The number of morpholine rings is 1. The highest BCUT2D eigenvalue weighted by Gasteiger charge is 2.27. The Bertz CT molecular complexity index is 762. The molecule has 1 N–H and O–H groups in total. The molecule has 2 aromatic carbocycles. The molecular weight excluding hydrogens is 340 g/mol. The second-order valence-electron chi connectivity index (χ2n) is 6.88. The topological polar surface area (TPSA) is 48.1 Å². The Hall–Kier alpha value is -2.57. The predicted molar refractivity (Wildman–Crippen MR) is 109 cm³/mol. The molecule has 2 amide bonds. The molecule has 1 fully saturated rings. The lowest BCUT2D eigenvalue weighted by molar-refractivity contribution is 0.0391. The first-order valence-corrected chi connectivity index (χ1v) is 9.59. The van der Waals surface area contributed by atoms with Crippen LogP contribution in [0.1, 0.15) is 0 Å². The molecule has 0 aromatic heterocycles. The van der Waals surface area contributed by atoms with Gasteiger partial charge in [-0.1, -0.05) is 30.3 Å². The van der Waals surface area contributed by atoms with Gasteiger partial charge >= 0.3 is 6.03 Å². The summed E-state index contributed by atoms with van der Waals surface area (Å²) in [5.41, 5.74) is 2.91. The molecular formula is C21H26N4O2. The molecule has 2 aliphatic heterocycles. The zero-order chi connectivity index (χ0) is 18.5. The Morgan fingerprint density at radius 3 is 2.33 bits per heavy atom. The Balaban J connectivity index is 1.45. The van der Waals surface area contributed by atoms with Gasteiger partial charge in [-0.25, -0.2) is 4.79 Å². The van der Waals surface area contributed by atoms with Gasteiger partial charge in [0.05, 0.1) is 24.6 Å². The molecule has 27 heavy (non-hydrogen) atoms. The maximum absolute atomic E-state index is 12.8. The number of ether oxygens (including phenoxy) is 1. The van der Waals surface area contributed by atoms with Crippen molar-refractivity contribution < 1.29 is 9.53 Å². The largest absolute Gasteiger partial charge is 0.379 e. The zero-order valence-electron chi connectivity index (χ0n) is 15.5. The molecule has 0 unspecified atom stereocenters. The first-order valence-electron chi connectivity index (χ1n) is 9.59. The van der Waals surface area contributed by atoms with Crippen molar-refractivity contribution in [3.05, 3.63) is 54.6 Å². The molecule has 1 saturated heterocycles. The van der Waals surface area contributed by atoms with Crippen LogP contribution < -0.4 is 15.1 Å². The maximum atomic E-state index is 12.8. The van der Waals surface area contributed by atoms with Crippen molar-refractivity contribution in [2.24, 2.45) is 0 Å². The van der Waals surface area contributed by atoms with Gasteiger partial charge in [-0.15, -0.1) is 0 Å². The molecule has 0 spiro atoms. The van der Waals surface area contributed by atoms with Gasteiger partial charge in [-0.05, 0) is 24.3 Å². The summed E-state index contributed by atoms with van der Waals surface area (Å²) in [6, 6.07) is 17.7. The van der Waals surface area contributed by atoms with Crippen LogP contribution in [0.15, 0.2) is 54.6 Å². The lowest BCUT2D eigenvalue weighted by Gasteiger charge is -2.39. The average molecular weight is 366 g/mol. The molecule has 0 aliphatic carbocycles. The number of carbonyl (C=O) groups is 1. The molecule has 0 atom stereocenters. The van der Waals surface area contributed by atoms with Gasteiger partial charge in [0.1, 0.15) is 0 Å². The minimum absolute atomic E-state index is 0.0820. The van der Waals surface area contributed by atoms with Gasteiger partial charge in [-0.3, -0.25) is 9.80 Å². The Labute approximate surface area is 160 Å². The fourth-order valence-electron chi connectivity index (χ4n) is 3.66. The van der Waals surface area contributed by atoms with E-state index in [0.29, 0.717) is 6.54 Å². The molecule has 142 valence electrons. The number of hydrogen-bond donors (Lipinski definition) is 1. The first-order chi connectivity index (χ1) is 13.3. The fraction of sp³-hybridized carbons (Fsp3) is 0.381. The number of benzene rings is 2. The van der Waals surface area contributed by atoms with E-state index in [2.05, 4.69) is 21.2 Å². The fourth-order valence-corrected chi connectivity index (χ4v) is 3.66. The number of hydrogen-bond acceptors (Lipinski definition) is 4. The molecule has 2 aromatic rings. The molecule has 6 heteroatoms. The smallest absolute Gasteiger partial charge is 0.326 e. The molecule has 6 nitrogen and oxygen atoms in total. The van der Waals surface area contributed by atoms with E-state index in [4.69, 9.17) is 4.74 Å². The maximum Gasteiger partial charge on any atom is 0.326 e. The van der Waals surface area contributed by atoms with Crippen LogP contribution in [0.4, 0.5) is 21.9 Å². The number of fused-ring (bicyclic) bond motifs is 1. The van der Waals surface area contributed by atoms with E-state index in [0.717, 1.165) is 63.0 Å². The zero-order valence-corrected chi connectivity index (χ0v) is 15.5. The number of urea groups is 1. The second kappa shape index (κ2) is 8.41. The predicted octanol–water partition coefficient (Wildman–Crippen LogP) is 2.88. The van der Waals surface area contributed by atoms with E-state index in [1.807, 2.05) is 53.4 Å². The quantitative estimate of drug-likeness (QED) is 0.904. The summed E-state index contributed by atoms with van der Waals surface area (Å²) in [4.78, 5) is 19.5. The van der Waals surface area contributed by atoms with E-state index in [1.165, 1.54) is 0 Å². The summed E-state index contributed by atoms with van der Waals surface area (Å²) in [6.45, 7) is 7.15. The van der Waals surface area contributed by atoms with Crippen molar-refractivity contribution in [1.29, 1.82) is 0 Å². The Morgan fingerprint density at radius 2 is 1.56 bits per heavy atom. The highest BCUT2D eigenvalue weighted by Crippen LogP contribution is 2.33. The van der Waals surface area contributed by atoms with Crippen molar-refractivity contribution in [2.45, 2.75) is 0 Å². The van der Waals surface area contributed by atoms with E-state index >= 15 is 0 Å². The summed E-state index contributed by atoms with van der Waals surface area (Å²) in [6.07, 6.45) is 0.